The molecule has 0 spiro atoms. The van der Waals surface area contributed by atoms with Crippen LogP contribution in [0, 0.1) is 5.92 Å². The maximum atomic E-state index is 2.37. The van der Waals surface area contributed by atoms with Crippen molar-refractivity contribution in [2.24, 2.45) is 5.92 Å². The monoisotopic (exact) mass is 138 g/mol. The molecule has 0 aliphatic heterocycles. The lowest BCUT2D eigenvalue weighted by Gasteiger charge is -2.10. The van der Waals surface area contributed by atoms with Crippen molar-refractivity contribution in [2.45, 2.75) is 45.4 Å². The fourth-order valence-electron chi connectivity index (χ4n) is 1.72. The summed E-state index contributed by atoms with van der Waals surface area (Å²) >= 11 is 0. The van der Waals surface area contributed by atoms with Crippen LogP contribution in [0.3, 0.4) is 0 Å². The quantitative estimate of drug-likeness (QED) is 0.512. The van der Waals surface area contributed by atoms with Crippen LogP contribution in [0.5, 0.6) is 0 Å². The van der Waals surface area contributed by atoms with Crippen molar-refractivity contribution in [1.29, 1.82) is 0 Å². The van der Waals surface area contributed by atoms with E-state index in [1.807, 2.05) is 0 Å². The van der Waals surface area contributed by atoms with Crippen LogP contribution >= 0.6 is 0 Å². The molecule has 0 radical (unpaired) electrons. The molecule has 1 aliphatic rings. The molecule has 1 rings (SSSR count). The normalized spacial score (nSPS) is 26.3. The molecular formula is C10H18. The van der Waals surface area contributed by atoms with E-state index in [4.69, 9.17) is 0 Å². The van der Waals surface area contributed by atoms with Gasteiger partial charge in [0.2, 0.25) is 0 Å². The van der Waals surface area contributed by atoms with Gasteiger partial charge in [0.15, 0.2) is 0 Å². The van der Waals surface area contributed by atoms with Crippen LogP contribution in [0.1, 0.15) is 45.4 Å². The summed E-state index contributed by atoms with van der Waals surface area (Å²) in [7, 11) is 0. The summed E-state index contributed by atoms with van der Waals surface area (Å²) in [4.78, 5) is 0. The van der Waals surface area contributed by atoms with Gasteiger partial charge in [-0.15, -0.1) is 0 Å². The van der Waals surface area contributed by atoms with E-state index >= 15 is 0 Å². The van der Waals surface area contributed by atoms with Crippen molar-refractivity contribution in [3.8, 4) is 0 Å². The summed E-state index contributed by atoms with van der Waals surface area (Å²) in [5, 5.41) is 0. The standard InChI is InChI=1S/C10H18/c1-2-7-10-8-5-3-4-6-9-10/h3,5,10H,2,4,6-9H2,1H3. The predicted octanol–water partition coefficient (Wildman–Crippen LogP) is 3.53. The van der Waals surface area contributed by atoms with Crippen molar-refractivity contribution >= 4 is 0 Å². The third-order valence-corrected chi connectivity index (χ3v) is 2.32. The molecule has 0 aromatic carbocycles. The van der Waals surface area contributed by atoms with Gasteiger partial charge in [-0.3, -0.25) is 0 Å². The molecule has 0 bridgehead atoms. The lowest BCUT2D eigenvalue weighted by molar-refractivity contribution is 0.446. The third kappa shape index (κ3) is 2.55. The Morgan fingerprint density at radius 3 is 3.10 bits per heavy atom. The van der Waals surface area contributed by atoms with Crippen LogP contribution < -0.4 is 0 Å². The van der Waals surface area contributed by atoms with Crippen LogP contribution in [-0.4, -0.2) is 0 Å². The largest absolute Gasteiger partial charge is 0.0885 e. The first-order valence-corrected chi connectivity index (χ1v) is 4.58. The first-order valence-electron chi connectivity index (χ1n) is 4.58. The van der Waals surface area contributed by atoms with Crippen LogP contribution in [0.4, 0.5) is 0 Å². The first kappa shape index (κ1) is 7.84. The van der Waals surface area contributed by atoms with Crippen molar-refractivity contribution < 1.29 is 0 Å². The lowest BCUT2D eigenvalue weighted by atomic mass is 9.96. The predicted molar refractivity (Wildman–Crippen MR) is 46.0 cm³/mol. The third-order valence-electron chi connectivity index (χ3n) is 2.32. The van der Waals surface area contributed by atoms with E-state index < -0.39 is 0 Å². The summed E-state index contributed by atoms with van der Waals surface area (Å²) in [6.07, 6.45) is 13.0. The number of hydrogen-bond donors (Lipinski definition) is 0. The van der Waals surface area contributed by atoms with Gasteiger partial charge < -0.3 is 0 Å². The van der Waals surface area contributed by atoms with Gasteiger partial charge in [-0.25, -0.2) is 0 Å². The fraction of sp³-hybridized carbons (Fsp3) is 0.800. The molecule has 1 aliphatic carbocycles. The Bertz CT molecular complexity index is 103. The molecular weight excluding hydrogens is 120 g/mol. The average Bonchev–Trinajstić information content (AvgIpc) is 2.17. The Labute approximate surface area is 64.3 Å². The van der Waals surface area contributed by atoms with Crippen molar-refractivity contribution in [2.75, 3.05) is 0 Å². The van der Waals surface area contributed by atoms with Gasteiger partial charge in [-0.2, -0.15) is 0 Å². The summed E-state index contributed by atoms with van der Waals surface area (Å²) in [6, 6.07) is 0. The highest BCUT2D eigenvalue weighted by molar-refractivity contribution is 4.87. The number of rotatable bonds is 2. The topological polar surface area (TPSA) is 0 Å². The lowest BCUT2D eigenvalue weighted by Crippen LogP contribution is -1.96. The average molecular weight is 138 g/mol. The summed E-state index contributed by atoms with van der Waals surface area (Å²) in [6.45, 7) is 2.29. The SMILES string of the molecule is CCCC1CC=CCCC1. The van der Waals surface area contributed by atoms with E-state index in [0.717, 1.165) is 5.92 Å². The molecule has 0 saturated carbocycles. The summed E-state index contributed by atoms with van der Waals surface area (Å²) in [5.41, 5.74) is 0. The molecule has 0 aromatic heterocycles. The minimum atomic E-state index is 1.00. The van der Waals surface area contributed by atoms with Gasteiger partial charge >= 0.3 is 0 Å². The van der Waals surface area contributed by atoms with E-state index in [2.05, 4.69) is 19.1 Å². The molecule has 58 valence electrons. The Morgan fingerprint density at radius 1 is 1.40 bits per heavy atom. The van der Waals surface area contributed by atoms with Gasteiger partial charge in [0.1, 0.15) is 0 Å². The number of hydrogen-bond acceptors (Lipinski definition) is 0. The van der Waals surface area contributed by atoms with Gasteiger partial charge in [-0.1, -0.05) is 31.9 Å². The smallest absolute Gasteiger partial charge is 0.0322 e. The second-order valence-electron chi connectivity index (χ2n) is 3.29. The van der Waals surface area contributed by atoms with E-state index in [1.165, 1.54) is 38.5 Å². The maximum absolute atomic E-state index is 2.37. The molecule has 0 saturated heterocycles. The zero-order valence-corrected chi connectivity index (χ0v) is 6.97. The minimum absolute atomic E-state index is 1.00. The molecule has 1 unspecified atom stereocenters. The van der Waals surface area contributed by atoms with E-state index in [1.54, 1.807) is 0 Å². The second kappa shape index (κ2) is 4.54. The Morgan fingerprint density at radius 2 is 2.30 bits per heavy atom. The van der Waals surface area contributed by atoms with Crippen LogP contribution in [0.25, 0.3) is 0 Å². The van der Waals surface area contributed by atoms with Crippen LogP contribution in [-0.2, 0) is 0 Å². The molecule has 0 nitrogen and oxygen atoms in total. The Hall–Kier alpha value is -0.260. The zero-order chi connectivity index (χ0) is 7.23. The van der Waals surface area contributed by atoms with Gasteiger partial charge in [0, 0.05) is 0 Å². The van der Waals surface area contributed by atoms with E-state index in [-0.39, 0.29) is 0 Å². The molecule has 0 heteroatoms. The summed E-state index contributed by atoms with van der Waals surface area (Å²) in [5.74, 6) is 1.00. The van der Waals surface area contributed by atoms with Gasteiger partial charge in [0.25, 0.3) is 0 Å². The molecule has 1 atom stereocenters. The first-order chi connectivity index (χ1) is 4.93. The molecule has 0 heterocycles. The van der Waals surface area contributed by atoms with Crippen LogP contribution in [0.2, 0.25) is 0 Å². The van der Waals surface area contributed by atoms with E-state index in [0.29, 0.717) is 0 Å². The molecule has 0 aromatic rings. The minimum Gasteiger partial charge on any atom is -0.0885 e. The Kier molecular flexibility index (Phi) is 3.56. The molecule has 10 heavy (non-hydrogen) atoms. The highest BCUT2D eigenvalue weighted by Gasteiger charge is 2.06. The maximum Gasteiger partial charge on any atom is -0.0322 e. The van der Waals surface area contributed by atoms with Crippen molar-refractivity contribution in [3.05, 3.63) is 12.2 Å². The summed E-state index contributed by atoms with van der Waals surface area (Å²) < 4.78 is 0. The zero-order valence-electron chi connectivity index (χ0n) is 6.97. The molecule has 0 fully saturated rings. The number of allylic oxidation sites excluding steroid dienone is 2. The van der Waals surface area contributed by atoms with Crippen LogP contribution in [0.15, 0.2) is 12.2 Å². The highest BCUT2D eigenvalue weighted by Crippen LogP contribution is 2.22. The van der Waals surface area contributed by atoms with Crippen molar-refractivity contribution in [3.63, 3.8) is 0 Å². The van der Waals surface area contributed by atoms with E-state index in [9.17, 15) is 0 Å². The second-order valence-corrected chi connectivity index (χ2v) is 3.29. The molecule has 0 N–H and O–H groups in total. The van der Waals surface area contributed by atoms with Crippen molar-refractivity contribution in [1.82, 2.24) is 0 Å². The Balaban J connectivity index is 2.23. The van der Waals surface area contributed by atoms with Gasteiger partial charge in [-0.05, 0) is 31.6 Å². The molecule has 0 amide bonds. The van der Waals surface area contributed by atoms with Gasteiger partial charge in [0.05, 0.1) is 0 Å². The highest BCUT2D eigenvalue weighted by atomic mass is 14.1. The fourth-order valence-corrected chi connectivity index (χ4v) is 1.72.